The third-order valence-corrected chi connectivity index (χ3v) is 11.2. The number of rotatable bonds is 6. The van der Waals surface area contributed by atoms with E-state index in [9.17, 15) is 15.0 Å². The van der Waals surface area contributed by atoms with Crippen LogP contribution < -0.4 is 10.4 Å². The number of amides is 1. The highest BCUT2D eigenvalue weighted by Gasteiger charge is 2.50. The summed E-state index contributed by atoms with van der Waals surface area (Å²) in [6, 6.07) is 20.5. The van der Waals surface area contributed by atoms with Gasteiger partial charge in [-0.05, 0) is 34.2 Å². The third-order valence-electron chi connectivity index (χ3n) is 6.24. The highest BCUT2D eigenvalue weighted by Crippen LogP contribution is 2.37. The van der Waals surface area contributed by atoms with E-state index in [-0.39, 0.29) is 23.6 Å². The third kappa shape index (κ3) is 4.46. The van der Waals surface area contributed by atoms with Gasteiger partial charge in [0.1, 0.15) is 0 Å². The minimum Gasteiger partial charge on any atom is -0.465 e. The Morgan fingerprint density at radius 3 is 2.03 bits per heavy atom. The second-order valence-corrected chi connectivity index (χ2v) is 13.5. The molecule has 0 saturated carbocycles. The predicted octanol–water partition coefficient (Wildman–Crippen LogP) is 3.31. The van der Waals surface area contributed by atoms with Crippen LogP contribution in [-0.4, -0.2) is 55.3 Å². The molecule has 1 aliphatic heterocycles. The summed E-state index contributed by atoms with van der Waals surface area (Å²) in [5, 5.41) is 21.6. The van der Waals surface area contributed by atoms with Crippen LogP contribution in [0.15, 0.2) is 60.7 Å². The van der Waals surface area contributed by atoms with Crippen molar-refractivity contribution in [2.75, 3.05) is 19.8 Å². The van der Waals surface area contributed by atoms with Crippen LogP contribution in [0.25, 0.3) is 0 Å². The SMILES string of the molecule is CC(C)(C)[Si](OCC1CC(CO)CCN1C(=O)O)(c1ccccc1)c1ccccc1. The number of piperidine rings is 1. The molecule has 162 valence electrons. The first-order valence-corrected chi connectivity index (χ1v) is 12.6. The molecule has 3 rings (SSSR count). The van der Waals surface area contributed by atoms with E-state index in [0.29, 0.717) is 26.0 Å². The first kappa shape index (κ1) is 22.5. The molecule has 2 atom stereocenters. The number of aliphatic hydroxyl groups excluding tert-OH is 1. The molecule has 30 heavy (non-hydrogen) atoms. The molecule has 2 aromatic rings. The van der Waals surface area contributed by atoms with E-state index in [1.165, 1.54) is 15.3 Å². The number of hydrogen-bond acceptors (Lipinski definition) is 3. The maximum Gasteiger partial charge on any atom is 0.407 e. The van der Waals surface area contributed by atoms with E-state index in [1.54, 1.807) is 0 Å². The van der Waals surface area contributed by atoms with Gasteiger partial charge in [0, 0.05) is 13.2 Å². The fraction of sp³-hybridized carbons (Fsp3) is 0.458. The number of aliphatic hydroxyl groups is 1. The minimum absolute atomic E-state index is 0.0865. The summed E-state index contributed by atoms with van der Waals surface area (Å²) < 4.78 is 6.93. The molecule has 1 fully saturated rings. The van der Waals surface area contributed by atoms with Crippen molar-refractivity contribution in [2.24, 2.45) is 5.92 Å². The average Bonchev–Trinajstić information content (AvgIpc) is 2.74. The van der Waals surface area contributed by atoms with Crippen LogP contribution in [0.2, 0.25) is 5.04 Å². The summed E-state index contributed by atoms with van der Waals surface area (Å²) in [5.74, 6) is 0.119. The van der Waals surface area contributed by atoms with Crippen LogP contribution in [0.4, 0.5) is 4.79 Å². The van der Waals surface area contributed by atoms with E-state index < -0.39 is 14.4 Å². The Morgan fingerprint density at radius 1 is 1.07 bits per heavy atom. The van der Waals surface area contributed by atoms with Crippen LogP contribution >= 0.6 is 0 Å². The standard InChI is InChI=1S/C24H33NO4Si/c1-24(2,3)30(21-10-6-4-7-11-21,22-12-8-5-9-13-22)29-18-20-16-19(17-26)14-15-25(20)23(27)28/h4-13,19-20,26H,14-18H2,1-3H3,(H,27,28). The number of carbonyl (C=O) groups is 1. The van der Waals surface area contributed by atoms with Gasteiger partial charge in [-0.2, -0.15) is 0 Å². The fourth-order valence-corrected chi connectivity index (χ4v) is 9.29. The van der Waals surface area contributed by atoms with E-state index in [1.807, 2.05) is 36.4 Å². The van der Waals surface area contributed by atoms with Crippen molar-refractivity contribution in [3.05, 3.63) is 60.7 Å². The van der Waals surface area contributed by atoms with Crippen LogP contribution in [-0.2, 0) is 4.43 Å². The summed E-state index contributed by atoms with van der Waals surface area (Å²) in [6.45, 7) is 7.50. The monoisotopic (exact) mass is 427 g/mol. The van der Waals surface area contributed by atoms with Gasteiger partial charge in [-0.1, -0.05) is 81.4 Å². The number of likely N-dealkylation sites (tertiary alicyclic amines) is 1. The van der Waals surface area contributed by atoms with Crippen molar-refractivity contribution in [2.45, 2.75) is 44.7 Å². The zero-order chi connectivity index (χ0) is 21.8. The average molecular weight is 428 g/mol. The highest BCUT2D eigenvalue weighted by molar-refractivity contribution is 6.99. The Balaban J connectivity index is 2.01. The summed E-state index contributed by atoms with van der Waals surface area (Å²) >= 11 is 0. The van der Waals surface area contributed by atoms with E-state index in [2.05, 4.69) is 45.0 Å². The maximum atomic E-state index is 11.8. The Morgan fingerprint density at radius 2 is 1.60 bits per heavy atom. The molecule has 0 aliphatic carbocycles. The lowest BCUT2D eigenvalue weighted by atomic mass is 9.92. The lowest BCUT2D eigenvalue weighted by Gasteiger charge is -2.45. The zero-order valence-corrected chi connectivity index (χ0v) is 19.1. The van der Waals surface area contributed by atoms with Crippen LogP contribution in [0, 0.1) is 5.92 Å². The maximum absolute atomic E-state index is 11.8. The van der Waals surface area contributed by atoms with Crippen LogP contribution in [0.5, 0.6) is 0 Å². The van der Waals surface area contributed by atoms with E-state index in [4.69, 9.17) is 4.43 Å². The molecule has 1 amide bonds. The first-order valence-electron chi connectivity index (χ1n) is 10.6. The van der Waals surface area contributed by atoms with Crippen molar-refractivity contribution >= 4 is 24.8 Å². The van der Waals surface area contributed by atoms with Crippen molar-refractivity contribution in [1.29, 1.82) is 0 Å². The zero-order valence-electron chi connectivity index (χ0n) is 18.1. The first-order chi connectivity index (χ1) is 14.3. The lowest BCUT2D eigenvalue weighted by molar-refractivity contribution is 0.0498. The molecule has 0 spiro atoms. The molecule has 1 heterocycles. The Kier molecular flexibility index (Phi) is 7.01. The molecule has 6 heteroatoms. The van der Waals surface area contributed by atoms with Gasteiger partial charge in [0.15, 0.2) is 0 Å². The molecule has 2 N–H and O–H groups in total. The topological polar surface area (TPSA) is 70.0 Å². The molecule has 5 nitrogen and oxygen atoms in total. The molecule has 0 radical (unpaired) electrons. The van der Waals surface area contributed by atoms with Gasteiger partial charge in [-0.3, -0.25) is 0 Å². The van der Waals surface area contributed by atoms with E-state index >= 15 is 0 Å². The number of hydrogen-bond donors (Lipinski definition) is 2. The van der Waals surface area contributed by atoms with Crippen LogP contribution in [0.3, 0.4) is 0 Å². The molecular formula is C24H33NO4Si. The van der Waals surface area contributed by atoms with Crippen molar-refractivity contribution in [3.8, 4) is 0 Å². The predicted molar refractivity (Wildman–Crippen MR) is 122 cm³/mol. The van der Waals surface area contributed by atoms with Gasteiger partial charge in [0.05, 0.1) is 12.6 Å². The summed E-state index contributed by atoms with van der Waals surface area (Å²) in [6.07, 6.45) is 0.405. The summed E-state index contributed by atoms with van der Waals surface area (Å²) in [5.41, 5.74) is 0. The molecule has 0 bridgehead atoms. The molecule has 2 unspecified atom stereocenters. The van der Waals surface area contributed by atoms with E-state index in [0.717, 1.165) is 0 Å². The van der Waals surface area contributed by atoms with Gasteiger partial charge < -0.3 is 19.5 Å². The lowest BCUT2D eigenvalue weighted by Crippen LogP contribution is -2.67. The summed E-state index contributed by atoms with van der Waals surface area (Å²) in [4.78, 5) is 13.3. The Labute approximate surface area is 180 Å². The number of benzene rings is 2. The fourth-order valence-electron chi connectivity index (χ4n) is 4.69. The molecule has 2 aromatic carbocycles. The largest absolute Gasteiger partial charge is 0.465 e. The number of carboxylic acid groups (broad SMARTS) is 1. The number of nitrogens with zero attached hydrogens (tertiary/aromatic N) is 1. The van der Waals surface area contributed by atoms with Gasteiger partial charge in [-0.25, -0.2) is 4.79 Å². The van der Waals surface area contributed by atoms with Crippen molar-refractivity contribution in [3.63, 3.8) is 0 Å². The van der Waals surface area contributed by atoms with Gasteiger partial charge in [0.2, 0.25) is 0 Å². The smallest absolute Gasteiger partial charge is 0.407 e. The van der Waals surface area contributed by atoms with Crippen LogP contribution in [0.1, 0.15) is 33.6 Å². The van der Waals surface area contributed by atoms with Crippen molar-refractivity contribution in [1.82, 2.24) is 4.90 Å². The van der Waals surface area contributed by atoms with Gasteiger partial charge in [-0.15, -0.1) is 0 Å². The quantitative estimate of drug-likeness (QED) is 0.694. The molecule has 1 aliphatic rings. The second-order valence-electron chi connectivity index (χ2n) is 9.18. The minimum atomic E-state index is -2.71. The Bertz CT molecular complexity index is 783. The molecular weight excluding hydrogens is 394 g/mol. The molecule has 0 aromatic heterocycles. The van der Waals surface area contributed by atoms with Crippen molar-refractivity contribution < 1.29 is 19.4 Å². The van der Waals surface area contributed by atoms with Gasteiger partial charge in [0.25, 0.3) is 8.32 Å². The van der Waals surface area contributed by atoms with Gasteiger partial charge >= 0.3 is 6.09 Å². The second kappa shape index (κ2) is 9.33. The summed E-state index contributed by atoms with van der Waals surface area (Å²) in [7, 11) is -2.71. The highest BCUT2D eigenvalue weighted by atomic mass is 28.4. The normalized spacial score (nSPS) is 20.2. The Hall–Kier alpha value is -2.15. The molecule has 1 saturated heterocycles.